The molecule has 0 bridgehead atoms. The fourth-order valence-corrected chi connectivity index (χ4v) is 2.73. The van der Waals surface area contributed by atoms with E-state index in [1.54, 1.807) is 0 Å². The summed E-state index contributed by atoms with van der Waals surface area (Å²) in [5.74, 6) is 2.72. The Balaban J connectivity index is 2.86. The van der Waals surface area contributed by atoms with Crippen LogP contribution in [0.25, 0.3) is 0 Å². The lowest BCUT2D eigenvalue weighted by molar-refractivity contribution is 0.504. The lowest BCUT2D eigenvalue weighted by Gasteiger charge is -2.19. The summed E-state index contributed by atoms with van der Waals surface area (Å²) in [4.78, 5) is 0. The molecule has 1 atom stereocenters. The number of terminal acetylenes is 1. The molecule has 1 N–H and O–H groups in total. The van der Waals surface area contributed by atoms with Crippen molar-refractivity contribution in [2.24, 2.45) is 0 Å². The predicted octanol–water partition coefficient (Wildman–Crippen LogP) is 4.51. The second-order valence-corrected chi connectivity index (χ2v) is 6.02. The van der Waals surface area contributed by atoms with Crippen LogP contribution in [0.15, 0.2) is 22.7 Å². The van der Waals surface area contributed by atoms with Gasteiger partial charge >= 0.3 is 0 Å². The number of nitrogens with one attached hydrogen (secondary N) is 1. The molecule has 0 aromatic heterocycles. The molecule has 3 heteroatoms. The van der Waals surface area contributed by atoms with Crippen LogP contribution >= 0.6 is 38.5 Å². The van der Waals surface area contributed by atoms with E-state index in [-0.39, 0.29) is 0 Å². The predicted molar refractivity (Wildman–Crippen MR) is 86.0 cm³/mol. The molecule has 0 radical (unpaired) electrons. The van der Waals surface area contributed by atoms with Crippen LogP contribution in [0.5, 0.6) is 0 Å². The molecule has 1 nitrogen and oxygen atoms in total. The molecule has 0 saturated carbocycles. The van der Waals surface area contributed by atoms with Crippen molar-refractivity contribution < 1.29 is 0 Å². The van der Waals surface area contributed by atoms with Crippen molar-refractivity contribution in [2.45, 2.75) is 32.2 Å². The Labute approximate surface area is 126 Å². The van der Waals surface area contributed by atoms with Gasteiger partial charge in [-0.15, -0.1) is 12.3 Å². The monoisotopic (exact) mass is 405 g/mol. The van der Waals surface area contributed by atoms with Crippen molar-refractivity contribution >= 4 is 38.5 Å². The Kier molecular flexibility index (Phi) is 7.17. The van der Waals surface area contributed by atoms with Gasteiger partial charge in [0.05, 0.1) is 0 Å². The summed E-state index contributed by atoms with van der Waals surface area (Å²) < 4.78 is 2.41. The van der Waals surface area contributed by atoms with Gasteiger partial charge in [0.2, 0.25) is 0 Å². The summed E-state index contributed by atoms with van der Waals surface area (Å²) in [5, 5.41) is 3.56. The van der Waals surface area contributed by atoms with E-state index in [4.69, 9.17) is 6.42 Å². The van der Waals surface area contributed by atoms with E-state index in [2.05, 4.69) is 74.9 Å². The van der Waals surface area contributed by atoms with E-state index in [1.165, 1.54) is 9.13 Å². The summed E-state index contributed by atoms with van der Waals surface area (Å²) in [5.41, 5.74) is 1.31. The Bertz CT molecular complexity index is 398. The van der Waals surface area contributed by atoms with Gasteiger partial charge < -0.3 is 5.32 Å². The number of benzene rings is 1. The van der Waals surface area contributed by atoms with E-state index >= 15 is 0 Å². The normalized spacial score (nSPS) is 12.1. The van der Waals surface area contributed by atoms with Crippen LogP contribution in [0.2, 0.25) is 0 Å². The SMILES string of the molecule is C#CCCC(NCCC)c1cc(I)ccc1Br. The van der Waals surface area contributed by atoms with Crippen LogP contribution in [0.4, 0.5) is 0 Å². The van der Waals surface area contributed by atoms with Crippen LogP contribution in [0.3, 0.4) is 0 Å². The van der Waals surface area contributed by atoms with Crippen LogP contribution in [0, 0.1) is 15.9 Å². The van der Waals surface area contributed by atoms with Gasteiger partial charge in [0.25, 0.3) is 0 Å². The molecular weight excluding hydrogens is 389 g/mol. The molecule has 92 valence electrons. The Morgan fingerprint density at radius 2 is 2.29 bits per heavy atom. The zero-order chi connectivity index (χ0) is 12.7. The van der Waals surface area contributed by atoms with Gasteiger partial charge in [0.15, 0.2) is 0 Å². The molecular formula is C14H17BrIN. The third kappa shape index (κ3) is 4.99. The lowest BCUT2D eigenvalue weighted by atomic mass is 10.0. The number of hydrogen-bond donors (Lipinski definition) is 1. The molecule has 1 rings (SSSR count). The molecule has 0 heterocycles. The van der Waals surface area contributed by atoms with Gasteiger partial charge in [-0.25, -0.2) is 0 Å². The minimum Gasteiger partial charge on any atom is -0.310 e. The fourth-order valence-electron chi connectivity index (χ4n) is 1.70. The molecule has 17 heavy (non-hydrogen) atoms. The van der Waals surface area contributed by atoms with Crippen LogP contribution in [-0.4, -0.2) is 6.54 Å². The third-order valence-electron chi connectivity index (χ3n) is 2.55. The van der Waals surface area contributed by atoms with Crippen LogP contribution < -0.4 is 5.32 Å². The van der Waals surface area contributed by atoms with Gasteiger partial charge in [-0.3, -0.25) is 0 Å². The molecule has 1 aromatic carbocycles. The van der Waals surface area contributed by atoms with Crippen molar-refractivity contribution in [1.29, 1.82) is 0 Å². The van der Waals surface area contributed by atoms with Crippen molar-refractivity contribution in [3.05, 3.63) is 31.8 Å². The van der Waals surface area contributed by atoms with Gasteiger partial charge in [-0.2, -0.15) is 0 Å². The molecule has 0 saturated heterocycles. The Morgan fingerprint density at radius 3 is 2.94 bits per heavy atom. The minimum absolute atomic E-state index is 0.343. The summed E-state index contributed by atoms with van der Waals surface area (Å²) in [6.07, 6.45) is 8.28. The third-order valence-corrected chi connectivity index (χ3v) is 3.94. The van der Waals surface area contributed by atoms with E-state index in [1.807, 2.05) is 0 Å². The van der Waals surface area contributed by atoms with Gasteiger partial charge in [0.1, 0.15) is 0 Å². The second kappa shape index (κ2) is 8.12. The molecule has 0 aliphatic rings. The highest BCUT2D eigenvalue weighted by Gasteiger charge is 2.13. The maximum atomic E-state index is 5.36. The number of hydrogen-bond acceptors (Lipinski definition) is 1. The quantitative estimate of drug-likeness (QED) is 0.542. The first kappa shape index (κ1) is 15.0. The van der Waals surface area contributed by atoms with Crippen LogP contribution in [-0.2, 0) is 0 Å². The zero-order valence-corrected chi connectivity index (χ0v) is 13.7. The maximum absolute atomic E-state index is 5.36. The fraction of sp³-hybridized carbons (Fsp3) is 0.429. The van der Waals surface area contributed by atoms with Gasteiger partial charge in [-0.1, -0.05) is 22.9 Å². The van der Waals surface area contributed by atoms with Crippen molar-refractivity contribution in [1.82, 2.24) is 5.32 Å². The zero-order valence-electron chi connectivity index (χ0n) is 9.97. The first-order valence-corrected chi connectivity index (χ1v) is 7.68. The highest BCUT2D eigenvalue weighted by molar-refractivity contribution is 14.1. The van der Waals surface area contributed by atoms with E-state index < -0.39 is 0 Å². The average molecular weight is 406 g/mol. The average Bonchev–Trinajstić information content (AvgIpc) is 2.33. The molecule has 0 aliphatic carbocycles. The minimum atomic E-state index is 0.343. The smallest absolute Gasteiger partial charge is 0.0340 e. The molecule has 0 fully saturated rings. The molecule has 0 amide bonds. The molecule has 1 aromatic rings. The topological polar surface area (TPSA) is 12.0 Å². The highest BCUT2D eigenvalue weighted by Crippen LogP contribution is 2.28. The molecule has 1 unspecified atom stereocenters. The lowest BCUT2D eigenvalue weighted by Crippen LogP contribution is -2.22. The number of rotatable bonds is 6. The Morgan fingerprint density at radius 1 is 1.53 bits per heavy atom. The Hall–Kier alpha value is -0.0500. The van der Waals surface area contributed by atoms with E-state index in [0.29, 0.717) is 6.04 Å². The first-order chi connectivity index (χ1) is 8.19. The standard InChI is InChI=1S/C14H17BrIN/c1-3-5-6-14(17-9-4-2)12-10-11(16)7-8-13(12)15/h1,7-8,10,14,17H,4-6,9H2,2H3. The van der Waals surface area contributed by atoms with Crippen molar-refractivity contribution in [3.8, 4) is 12.3 Å². The highest BCUT2D eigenvalue weighted by atomic mass is 127. The van der Waals surface area contributed by atoms with E-state index in [9.17, 15) is 0 Å². The number of halogens is 2. The van der Waals surface area contributed by atoms with Gasteiger partial charge in [0, 0.05) is 20.5 Å². The van der Waals surface area contributed by atoms with Crippen molar-refractivity contribution in [2.75, 3.05) is 6.54 Å². The first-order valence-electron chi connectivity index (χ1n) is 5.80. The summed E-state index contributed by atoms with van der Waals surface area (Å²) >= 11 is 5.96. The summed E-state index contributed by atoms with van der Waals surface area (Å²) in [6, 6.07) is 6.77. The second-order valence-electron chi connectivity index (χ2n) is 3.92. The summed E-state index contributed by atoms with van der Waals surface area (Å²) in [7, 11) is 0. The largest absolute Gasteiger partial charge is 0.310 e. The summed E-state index contributed by atoms with van der Waals surface area (Å²) in [6.45, 7) is 3.20. The van der Waals surface area contributed by atoms with Crippen LogP contribution in [0.1, 0.15) is 37.8 Å². The molecule has 0 spiro atoms. The molecule has 0 aliphatic heterocycles. The van der Waals surface area contributed by atoms with E-state index in [0.717, 1.165) is 30.3 Å². The van der Waals surface area contributed by atoms with Crippen molar-refractivity contribution in [3.63, 3.8) is 0 Å². The van der Waals surface area contributed by atoms with Gasteiger partial charge in [-0.05, 0) is 65.7 Å². The maximum Gasteiger partial charge on any atom is 0.0340 e.